The summed E-state index contributed by atoms with van der Waals surface area (Å²) < 4.78 is 2.48. The van der Waals surface area contributed by atoms with Crippen LogP contribution in [0.2, 0.25) is 0 Å². The van der Waals surface area contributed by atoms with Gasteiger partial charge in [-0.1, -0.05) is 6.92 Å². The van der Waals surface area contributed by atoms with Gasteiger partial charge in [-0.2, -0.15) is 0 Å². The van der Waals surface area contributed by atoms with Gasteiger partial charge in [-0.05, 0) is 92.2 Å². The molecule has 0 spiro atoms. The van der Waals surface area contributed by atoms with Crippen molar-refractivity contribution in [1.82, 2.24) is 0 Å². The van der Waals surface area contributed by atoms with Crippen molar-refractivity contribution in [3.63, 3.8) is 0 Å². The standard InChI is InChI=1S/C15H12I3NO4/c1-2-7(15(22)23)5-8-9(16)6-10(17)14(13(8)18)19-11(20)3-4-12(19)21/h3-4,6-7H,2,5H2,1H3,(H,22,23). The topological polar surface area (TPSA) is 74.7 Å². The van der Waals surface area contributed by atoms with Gasteiger partial charge in [0.05, 0.1) is 11.6 Å². The number of carbonyl (C=O) groups is 3. The highest BCUT2D eigenvalue weighted by atomic mass is 127. The van der Waals surface area contributed by atoms with Crippen LogP contribution in [0, 0.1) is 16.6 Å². The van der Waals surface area contributed by atoms with Gasteiger partial charge in [0.2, 0.25) is 0 Å². The van der Waals surface area contributed by atoms with Crippen molar-refractivity contribution < 1.29 is 19.5 Å². The van der Waals surface area contributed by atoms with E-state index < -0.39 is 11.9 Å². The van der Waals surface area contributed by atoms with Gasteiger partial charge in [-0.25, -0.2) is 4.90 Å². The van der Waals surface area contributed by atoms with Crippen molar-refractivity contribution in [1.29, 1.82) is 0 Å². The lowest BCUT2D eigenvalue weighted by atomic mass is 9.96. The average molecular weight is 651 g/mol. The van der Waals surface area contributed by atoms with Crippen LogP contribution in [0.25, 0.3) is 0 Å². The lowest BCUT2D eigenvalue weighted by Crippen LogP contribution is -2.31. The Labute approximate surface area is 174 Å². The van der Waals surface area contributed by atoms with Crippen molar-refractivity contribution >= 4 is 91.2 Å². The minimum atomic E-state index is -0.839. The molecule has 1 aliphatic heterocycles. The molecular formula is C15H12I3NO4. The Kier molecular flexibility index (Phi) is 6.44. The number of rotatable bonds is 5. The van der Waals surface area contributed by atoms with E-state index in [-0.39, 0.29) is 11.8 Å². The first-order valence-electron chi connectivity index (χ1n) is 6.73. The largest absolute Gasteiger partial charge is 0.481 e. The number of carboxylic acid groups (broad SMARTS) is 1. The van der Waals surface area contributed by atoms with Crippen LogP contribution in [0.4, 0.5) is 5.69 Å². The van der Waals surface area contributed by atoms with E-state index in [1.54, 1.807) is 0 Å². The van der Waals surface area contributed by atoms with Gasteiger partial charge < -0.3 is 5.11 Å². The molecule has 122 valence electrons. The molecule has 2 rings (SSSR count). The molecule has 1 atom stereocenters. The molecule has 1 unspecified atom stereocenters. The van der Waals surface area contributed by atoms with Crippen molar-refractivity contribution in [2.75, 3.05) is 4.90 Å². The van der Waals surface area contributed by atoms with E-state index in [4.69, 9.17) is 0 Å². The van der Waals surface area contributed by atoms with Crippen LogP contribution in [-0.2, 0) is 20.8 Å². The molecule has 0 bridgehead atoms. The fourth-order valence-electron chi connectivity index (χ4n) is 2.28. The molecule has 5 nitrogen and oxygen atoms in total. The second-order valence-corrected chi connectivity index (χ2v) is 8.38. The van der Waals surface area contributed by atoms with Gasteiger partial charge >= 0.3 is 5.97 Å². The zero-order valence-electron chi connectivity index (χ0n) is 12.0. The Morgan fingerprint density at radius 3 is 2.22 bits per heavy atom. The number of amides is 2. The van der Waals surface area contributed by atoms with Crippen LogP contribution >= 0.6 is 67.8 Å². The van der Waals surface area contributed by atoms with Crippen LogP contribution in [-0.4, -0.2) is 22.9 Å². The summed E-state index contributed by atoms with van der Waals surface area (Å²) in [5.41, 5.74) is 1.41. The molecule has 8 heteroatoms. The van der Waals surface area contributed by atoms with Crippen molar-refractivity contribution in [2.45, 2.75) is 19.8 Å². The van der Waals surface area contributed by atoms with E-state index in [1.165, 1.54) is 12.2 Å². The first kappa shape index (κ1) is 19.1. The summed E-state index contributed by atoms with van der Waals surface area (Å²) >= 11 is 6.36. The number of anilines is 1. The lowest BCUT2D eigenvalue weighted by Gasteiger charge is -2.22. The molecule has 1 aromatic rings. The number of nitrogens with zero attached hydrogens (tertiary/aromatic N) is 1. The summed E-state index contributed by atoms with van der Waals surface area (Å²) in [7, 11) is 0. The second-order valence-electron chi connectivity index (χ2n) is 4.97. The average Bonchev–Trinajstić information content (AvgIpc) is 2.79. The van der Waals surface area contributed by atoms with Gasteiger partial charge in [-0.15, -0.1) is 0 Å². The number of hydrogen-bond acceptors (Lipinski definition) is 3. The highest BCUT2D eigenvalue weighted by Crippen LogP contribution is 2.37. The minimum Gasteiger partial charge on any atom is -0.481 e. The summed E-state index contributed by atoms with van der Waals surface area (Å²) in [5, 5.41) is 9.30. The number of halogens is 3. The third-order valence-corrected chi connectivity index (χ3v) is 6.51. The lowest BCUT2D eigenvalue weighted by molar-refractivity contribution is -0.141. The minimum absolute atomic E-state index is 0.371. The number of imide groups is 1. The molecule has 2 amide bonds. The van der Waals surface area contributed by atoms with Gasteiger partial charge in [0.15, 0.2) is 0 Å². The first-order valence-corrected chi connectivity index (χ1v) is 9.96. The molecule has 1 aromatic carbocycles. The zero-order chi connectivity index (χ0) is 17.3. The van der Waals surface area contributed by atoms with E-state index in [2.05, 4.69) is 67.8 Å². The van der Waals surface area contributed by atoms with E-state index in [9.17, 15) is 19.5 Å². The molecular weight excluding hydrogens is 639 g/mol. The van der Waals surface area contributed by atoms with E-state index in [0.717, 1.165) is 21.2 Å². The van der Waals surface area contributed by atoms with Crippen molar-refractivity contribution in [3.05, 3.63) is 34.5 Å². The van der Waals surface area contributed by atoms with E-state index >= 15 is 0 Å². The number of benzene rings is 1. The van der Waals surface area contributed by atoms with Gasteiger partial charge in [-0.3, -0.25) is 14.4 Å². The predicted molar refractivity (Wildman–Crippen MR) is 111 cm³/mol. The maximum atomic E-state index is 12.0. The Morgan fingerprint density at radius 2 is 1.74 bits per heavy atom. The summed E-state index contributed by atoms with van der Waals surface area (Å²) in [5.74, 6) is -2.08. The van der Waals surface area contributed by atoms with Crippen LogP contribution in [0.5, 0.6) is 0 Å². The fourth-order valence-corrected chi connectivity index (χ4v) is 6.58. The molecule has 0 saturated heterocycles. The summed E-state index contributed by atoms with van der Waals surface area (Å²) in [6.45, 7) is 1.84. The van der Waals surface area contributed by atoms with Gasteiger partial charge in [0.1, 0.15) is 0 Å². The third kappa shape index (κ3) is 3.89. The monoisotopic (exact) mass is 651 g/mol. The van der Waals surface area contributed by atoms with Crippen molar-refractivity contribution in [3.8, 4) is 0 Å². The Balaban J connectivity index is 2.54. The molecule has 0 radical (unpaired) electrons. The van der Waals surface area contributed by atoms with Crippen LogP contribution in [0.3, 0.4) is 0 Å². The molecule has 0 aliphatic carbocycles. The number of aliphatic carboxylic acids is 1. The number of carboxylic acids is 1. The molecule has 23 heavy (non-hydrogen) atoms. The summed E-state index contributed by atoms with van der Waals surface area (Å²) in [6, 6.07) is 1.88. The smallest absolute Gasteiger partial charge is 0.306 e. The molecule has 1 heterocycles. The fraction of sp³-hybridized carbons (Fsp3) is 0.267. The number of hydrogen-bond donors (Lipinski definition) is 1. The molecule has 1 aliphatic rings. The van der Waals surface area contributed by atoms with Crippen LogP contribution < -0.4 is 4.90 Å². The van der Waals surface area contributed by atoms with Gasteiger partial charge in [0, 0.05) is 22.9 Å². The second kappa shape index (κ2) is 7.76. The molecule has 0 aromatic heterocycles. The van der Waals surface area contributed by atoms with Crippen LogP contribution in [0.15, 0.2) is 18.2 Å². The number of carbonyl (C=O) groups excluding carboxylic acids is 2. The Morgan fingerprint density at radius 1 is 1.17 bits per heavy atom. The SMILES string of the molecule is CCC(Cc1c(I)cc(I)c(N2C(=O)C=CC2=O)c1I)C(=O)O. The van der Waals surface area contributed by atoms with E-state index in [0.29, 0.717) is 18.5 Å². The third-order valence-electron chi connectivity index (χ3n) is 3.57. The summed E-state index contributed by atoms with van der Waals surface area (Å²) in [6.07, 6.45) is 3.39. The Bertz CT molecular complexity index is 712. The highest BCUT2D eigenvalue weighted by Gasteiger charge is 2.31. The van der Waals surface area contributed by atoms with Gasteiger partial charge in [0.25, 0.3) is 11.8 Å². The normalized spacial score (nSPS) is 15.4. The maximum absolute atomic E-state index is 12.0. The predicted octanol–water partition coefficient (Wildman–Crippen LogP) is 3.58. The molecule has 0 saturated carbocycles. The summed E-state index contributed by atoms with van der Waals surface area (Å²) in [4.78, 5) is 36.5. The maximum Gasteiger partial charge on any atom is 0.306 e. The quantitative estimate of drug-likeness (QED) is 0.391. The van der Waals surface area contributed by atoms with Crippen molar-refractivity contribution in [2.24, 2.45) is 5.92 Å². The van der Waals surface area contributed by atoms with E-state index in [1.807, 2.05) is 13.0 Å². The molecule has 0 fully saturated rings. The Hall–Kier alpha value is -0.240. The highest BCUT2D eigenvalue weighted by molar-refractivity contribution is 14.1. The van der Waals surface area contributed by atoms with Crippen LogP contribution in [0.1, 0.15) is 18.9 Å². The zero-order valence-corrected chi connectivity index (χ0v) is 18.4. The first-order chi connectivity index (χ1) is 10.8. The molecule has 1 N–H and O–H groups in total.